The van der Waals surface area contributed by atoms with Gasteiger partial charge in [0.1, 0.15) is 17.7 Å². The minimum Gasteiger partial charge on any atom is -0.390 e. The summed E-state index contributed by atoms with van der Waals surface area (Å²) in [7, 11) is -4.02. The molecule has 2 amide bonds. The summed E-state index contributed by atoms with van der Waals surface area (Å²) in [5, 5.41) is 12.8. The summed E-state index contributed by atoms with van der Waals surface area (Å²) in [5.41, 5.74) is 6.74. The largest absolute Gasteiger partial charge is 0.416 e. The van der Waals surface area contributed by atoms with Crippen molar-refractivity contribution in [1.82, 2.24) is 10.2 Å². The highest BCUT2D eigenvalue weighted by Gasteiger charge is 2.36. The van der Waals surface area contributed by atoms with Crippen molar-refractivity contribution in [3.8, 4) is 0 Å². The number of aliphatic hydroxyl groups is 1. The number of aliphatic hydroxyl groups excluding tert-OH is 1. The van der Waals surface area contributed by atoms with Crippen molar-refractivity contribution >= 4 is 21.7 Å². The lowest BCUT2D eigenvalue weighted by molar-refractivity contribution is -0.137. The van der Waals surface area contributed by atoms with E-state index in [1.807, 2.05) is 32.9 Å². The monoisotopic (exact) mass is 739 g/mol. The molecule has 0 saturated carbocycles. The van der Waals surface area contributed by atoms with Crippen molar-refractivity contribution in [2.45, 2.75) is 95.5 Å². The van der Waals surface area contributed by atoms with Gasteiger partial charge in [-0.1, -0.05) is 57.9 Å². The van der Waals surface area contributed by atoms with E-state index < -0.39 is 80.8 Å². The Labute approximate surface area is 296 Å². The van der Waals surface area contributed by atoms with Crippen LogP contribution in [0.1, 0.15) is 79.1 Å². The van der Waals surface area contributed by atoms with Crippen LogP contribution >= 0.6 is 0 Å². The predicted molar refractivity (Wildman–Crippen MR) is 185 cm³/mol. The van der Waals surface area contributed by atoms with Gasteiger partial charge in [-0.3, -0.25) is 9.59 Å². The fourth-order valence-corrected chi connectivity index (χ4v) is 8.01. The standard InChI is InChI=1S/C37H46F5N3O5S/c1-4-8-31(9-5-2)51(49,50)23-33(44-35(47)27-12-14-28(15-13-27)37(40,41)42)36(48)45(21-25-11-7-10-24(6-3)16-25)22-34(46)32(43)19-26-17-29(38)20-30(39)18-26/h7,10-18,20,31-34,46H,4-6,8-9,19,21-23,43H2,1-3H3,(H,44,47)/t32-,33?,34+/m0/s1. The number of sulfone groups is 1. The SMILES string of the molecule is CCCC(CCC)S(=O)(=O)CC(NC(=O)c1ccc(C(F)(F)F)cc1)C(=O)N(Cc1cccc(CC)c1)C[C@@H](O)[C@@H](N)Cc1cc(F)cc(F)c1. The Hall–Kier alpha value is -3.88. The Morgan fingerprint density at radius 1 is 0.882 bits per heavy atom. The van der Waals surface area contributed by atoms with Gasteiger partial charge < -0.3 is 21.1 Å². The van der Waals surface area contributed by atoms with E-state index in [2.05, 4.69) is 5.32 Å². The Balaban J connectivity index is 2.02. The van der Waals surface area contributed by atoms with Crippen molar-refractivity contribution in [2.75, 3.05) is 12.3 Å². The number of alkyl halides is 3. The Bertz CT molecular complexity index is 1690. The summed E-state index contributed by atoms with van der Waals surface area (Å²) in [4.78, 5) is 29.0. The number of hydrogen-bond acceptors (Lipinski definition) is 6. The lowest BCUT2D eigenvalue weighted by Gasteiger charge is -2.32. The molecular formula is C37H46F5N3O5S. The Morgan fingerprint density at radius 2 is 1.47 bits per heavy atom. The second-order valence-corrected chi connectivity index (χ2v) is 15.1. The molecule has 0 spiro atoms. The minimum atomic E-state index is -4.66. The maximum absolute atomic E-state index is 14.4. The molecule has 0 aliphatic rings. The molecule has 1 unspecified atom stereocenters. The quantitative estimate of drug-likeness (QED) is 0.138. The van der Waals surface area contributed by atoms with E-state index in [4.69, 9.17) is 5.73 Å². The van der Waals surface area contributed by atoms with Gasteiger partial charge in [-0.05, 0) is 78.8 Å². The van der Waals surface area contributed by atoms with Crippen LogP contribution in [0, 0.1) is 11.6 Å². The number of nitrogens with two attached hydrogens (primary N) is 1. The van der Waals surface area contributed by atoms with E-state index in [9.17, 15) is 45.1 Å². The van der Waals surface area contributed by atoms with Gasteiger partial charge in [-0.15, -0.1) is 0 Å². The van der Waals surface area contributed by atoms with Gasteiger partial charge >= 0.3 is 6.18 Å². The topological polar surface area (TPSA) is 130 Å². The molecule has 51 heavy (non-hydrogen) atoms. The molecule has 0 aromatic heterocycles. The molecule has 8 nitrogen and oxygen atoms in total. The van der Waals surface area contributed by atoms with Gasteiger partial charge in [0.2, 0.25) is 5.91 Å². The van der Waals surface area contributed by atoms with Crippen LogP contribution in [0.5, 0.6) is 0 Å². The van der Waals surface area contributed by atoms with Crippen molar-refractivity contribution in [2.24, 2.45) is 5.73 Å². The second-order valence-electron chi connectivity index (χ2n) is 12.7. The first-order valence-electron chi connectivity index (χ1n) is 16.9. The molecule has 3 atom stereocenters. The van der Waals surface area contributed by atoms with Crippen molar-refractivity contribution in [3.63, 3.8) is 0 Å². The summed E-state index contributed by atoms with van der Waals surface area (Å²) in [6.07, 6.45) is -3.92. The van der Waals surface area contributed by atoms with Crippen LogP contribution in [0.25, 0.3) is 0 Å². The highest BCUT2D eigenvalue weighted by molar-refractivity contribution is 7.92. The highest BCUT2D eigenvalue weighted by atomic mass is 32.2. The number of carbonyl (C=O) groups excluding carboxylic acids is 2. The lowest BCUT2D eigenvalue weighted by Crippen LogP contribution is -2.55. The average Bonchev–Trinajstić information content (AvgIpc) is 3.06. The molecule has 3 aromatic carbocycles. The number of nitrogens with one attached hydrogen (secondary N) is 1. The molecule has 0 bridgehead atoms. The predicted octanol–water partition coefficient (Wildman–Crippen LogP) is 5.99. The third kappa shape index (κ3) is 12.4. The molecule has 280 valence electrons. The van der Waals surface area contributed by atoms with Crippen LogP contribution in [0.15, 0.2) is 66.7 Å². The number of carbonyl (C=O) groups is 2. The number of rotatable bonds is 18. The number of nitrogens with zero attached hydrogens (tertiary/aromatic N) is 1. The Morgan fingerprint density at radius 3 is 2.02 bits per heavy atom. The average molecular weight is 740 g/mol. The van der Waals surface area contributed by atoms with Crippen LogP contribution in [-0.4, -0.2) is 66.0 Å². The van der Waals surface area contributed by atoms with Gasteiger partial charge in [-0.2, -0.15) is 13.2 Å². The first kappa shape index (κ1) is 41.5. The van der Waals surface area contributed by atoms with Crippen LogP contribution in [0.3, 0.4) is 0 Å². The number of hydrogen-bond donors (Lipinski definition) is 3. The molecule has 0 aliphatic carbocycles. The molecule has 0 heterocycles. The van der Waals surface area contributed by atoms with Crippen LogP contribution < -0.4 is 11.1 Å². The Kier molecular flexibility index (Phi) is 15.1. The fourth-order valence-electron chi connectivity index (χ4n) is 5.86. The van der Waals surface area contributed by atoms with Gasteiger partial charge in [0.05, 0.1) is 22.7 Å². The van der Waals surface area contributed by atoms with E-state index in [-0.39, 0.29) is 24.1 Å². The maximum Gasteiger partial charge on any atom is 0.416 e. The smallest absolute Gasteiger partial charge is 0.390 e. The number of halogens is 5. The van der Waals surface area contributed by atoms with Gasteiger partial charge in [0, 0.05) is 30.8 Å². The van der Waals surface area contributed by atoms with Crippen LogP contribution in [0.4, 0.5) is 22.0 Å². The highest BCUT2D eigenvalue weighted by Crippen LogP contribution is 2.29. The summed E-state index contributed by atoms with van der Waals surface area (Å²) in [6, 6.07) is 10.5. The molecule has 0 saturated heterocycles. The molecular weight excluding hydrogens is 693 g/mol. The summed E-state index contributed by atoms with van der Waals surface area (Å²) in [5.74, 6) is -4.33. The third-order valence-corrected chi connectivity index (χ3v) is 10.9. The van der Waals surface area contributed by atoms with Gasteiger partial charge in [-0.25, -0.2) is 17.2 Å². The van der Waals surface area contributed by atoms with Crippen molar-refractivity contribution in [1.29, 1.82) is 0 Å². The first-order valence-corrected chi connectivity index (χ1v) is 18.6. The molecule has 3 rings (SSSR count). The number of aryl methyl sites for hydroxylation is 1. The zero-order chi connectivity index (χ0) is 37.9. The van der Waals surface area contributed by atoms with Crippen LogP contribution in [0.2, 0.25) is 0 Å². The molecule has 0 radical (unpaired) electrons. The molecule has 4 N–H and O–H groups in total. The van der Waals surface area contributed by atoms with E-state index in [0.29, 0.717) is 55.9 Å². The lowest BCUT2D eigenvalue weighted by atomic mass is 10.0. The maximum atomic E-state index is 14.4. The number of amides is 2. The zero-order valence-electron chi connectivity index (χ0n) is 28.9. The fraction of sp³-hybridized carbons (Fsp3) is 0.459. The molecule has 0 fully saturated rings. The normalized spacial score (nSPS) is 13.9. The second kappa shape index (κ2) is 18.6. The summed E-state index contributed by atoms with van der Waals surface area (Å²) < 4.78 is 94.8. The van der Waals surface area contributed by atoms with Crippen LogP contribution in [-0.2, 0) is 40.2 Å². The van der Waals surface area contributed by atoms with E-state index in [1.54, 1.807) is 12.1 Å². The van der Waals surface area contributed by atoms with Crippen molar-refractivity contribution < 1.29 is 45.1 Å². The van der Waals surface area contributed by atoms with Gasteiger partial charge in [0.15, 0.2) is 9.84 Å². The van der Waals surface area contributed by atoms with E-state index in [0.717, 1.165) is 34.7 Å². The minimum absolute atomic E-state index is 0.134. The summed E-state index contributed by atoms with van der Waals surface area (Å²) >= 11 is 0. The molecule has 0 aliphatic heterocycles. The third-order valence-electron chi connectivity index (χ3n) is 8.59. The molecule has 14 heteroatoms. The van der Waals surface area contributed by atoms with Crippen molar-refractivity contribution in [3.05, 3.63) is 106 Å². The molecule has 3 aromatic rings. The first-order chi connectivity index (χ1) is 24.0. The number of benzene rings is 3. The van der Waals surface area contributed by atoms with E-state index >= 15 is 0 Å². The summed E-state index contributed by atoms with van der Waals surface area (Å²) in [6.45, 7) is 4.99. The van der Waals surface area contributed by atoms with Gasteiger partial charge in [0.25, 0.3) is 5.91 Å². The van der Waals surface area contributed by atoms with E-state index in [1.165, 1.54) is 0 Å². The zero-order valence-corrected chi connectivity index (χ0v) is 29.7.